The molecule has 15 heavy (non-hydrogen) atoms. The predicted molar refractivity (Wildman–Crippen MR) is 62.6 cm³/mol. The fourth-order valence-corrected chi connectivity index (χ4v) is 2.85. The third-order valence-electron chi connectivity index (χ3n) is 1.83. The van der Waals surface area contributed by atoms with Crippen molar-refractivity contribution in [3.8, 4) is 0 Å². The Hall–Kier alpha value is -0.320. The van der Waals surface area contributed by atoms with E-state index in [9.17, 15) is 4.57 Å². The van der Waals surface area contributed by atoms with Crippen molar-refractivity contribution in [3.05, 3.63) is 35.9 Å². The number of rotatable bonds is 5. The van der Waals surface area contributed by atoms with Gasteiger partial charge in [0.2, 0.25) is 0 Å². The molecule has 1 atom stereocenters. The molecule has 4 N–H and O–H groups in total. The Morgan fingerprint density at radius 3 is 2.47 bits per heavy atom. The van der Waals surface area contributed by atoms with E-state index in [2.05, 4.69) is 0 Å². The Morgan fingerprint density at radius 2 is 1.93 bits per heavy atom. The normalized spacial score (nSPS) is 13.8. The minimum atomic E-state index is -4.12. The van der Waals surface area contributed by atoms with Crippen molar-refractivity contribution in [2.24, 2.45) is 5.73 Å². The van der Waals surface area contributed by atoms with Crippen LogP contribution in [-0.4, -0.2) is 21.3 Å². The lowest BCUT2D eigenvalue weighted by Crippen LogP contribution is -2.22. The molecule has 6 heteroatoms. The van der Waals surface area contributed by atoms with E-state index in [1.54, 1.807) is 0 Å². The van der Waals surface area contributed by atoms with Gasteiger partial charge in [0.15, 0.2) is 0 Å². The summed E-state index contributed by atoms with van der Waals surface area (Å²) in [5.41, 5.74) is 6.46. The molecule has 0 bridgehead atoms. The van der Waals surface area contributed by atoms with Crippen molar-refractivity contribution in [1.29, 1.82) is 0 Å². The average Bonchev–Trinajstić information content (AvgIpc) is 2.18. The molecule has 0 aliphatic heterocycles. The van der Waals surface area contributed by atoms with Gasteiger partial charge in [0.25, 0.3) is 0 Å². The molecule has 0 aliphatic carbocycles. The van der Waals surface area contributed by atoms with Gasteiger partial charge >= 0.3 is 7.60 Å². The lowest BCUT2D eigenvalue weighted by Gasteiger charge is -2.12. The highest BCUT2D eigenvalue weighted by molar-refractivity contribution is 7.98. The maximum atomic E-state index is 10.7. The molecule has 0 radical (unpaired) electrons. The van der Waals surface area contributed by atoms with E-state index in [-0.39, 0.29) is 5.75 Å². The molecule has 0 saturated carbocycles. The first kappa shape index (κ1) is 12.7. The second-order valence-corrected chi connectivity index (χ2v) is 6.03. The molecular formula is C9H14NO3PS. The summed E-state index contributed by atoms with van der Waals surface area (Å²) in [7, 11) is -4.12. The predicted octanol–water partition coefficient (Wildman–Crippen LogP) is 1.38. The van der Waals surface area contributed by atoms with Gasteiger partial charge in [-0.2, -0.15) is 11.8 Å². The Bertz CT molecular complexity index is 340. The van der Waals surface area contributed by atoms with E-state index in [0.29, 0.717) is 5.75 Å². The van der Waals surface area contributed by atoms with Crippen LogP contribution in [0.3, 0.4) is 0 Å². The number of hydrogen-bond acceptors (Lipinski definition) is 3. The van der Waals surface area contributed by atoms with Crippen molar-refractivity contribution in [2.75, 3.05) is 5.75 Å². The topological polar surface area (TPSA) is 83.6 Å². The first-order valence-electron chi connectivity index (χ1n) is 4.42. The van der Waals surface area contributed by atoms with Crippen LogP contribution in [0.5, 0.6) is 0 Å². The highest BCUT2D eigenvalue weighted by Crippen LogP contribution is 2.39. The molecule has 0 saturated heterocycles. The van der Waals surface area contributed by atoms with Gasteiger partial charge < -0.3 is 15.5 Å². The Kier molecular flexibility index (Phi) is 4.83. The molecule has 1 rings (SSSR count). The van der Waals surface area contributed by atoms with Crippen LogP contribution in [0.2, 0.25) is 0 Å². The van der Waals surface area contributed by atoms with Crippen LogP contribution in [0.25, 0.3) is 0 Å². The summed E-state index contributed by atoms with van der Waals surface area (Å²) in [6.07, 6.45) is 0. The van der Waals surface area contributed by atoms with E-state index in [0.717, 1.165) is 5.56 Å². The van der Waals surface area contributed by atoms with Crippen LogP contribution in [0.1, 0.15) is 5.56 Å². The van der Waals surface area contributed by atoms with Crippen molar-refractivity contribution >= 4 is 19.4 Å². The van der Waals surface area contributed by atoms with Gasteiger partial charge in [0, 0.05) is 11.5 Å². The maximum Gasteiger partial charge on any atom is 0.342 e. The summed E-state index contributed by atoms with van der Waals surface area (Å²) in [4.78, 5) is 17.5. The zero-order chi connectivity index (χ0) is 11.3. The Labute approximate surface area is 93.0 Å². The van der Waals surface area contributed by atoms with E-state index < -0.39 is 13.4 Å². The molecule has 0 amide bonds. The SMILES string of the molecule is NC(CSCc1ccccc1)P(=O)(O)O. The third-order valence-corrected chi connectivity index (χ3v) is 4.26. The van der Waals surface area contributed by atoms with Crippen LogP contribution < -0.4 is 5.73 Å². The van der Waals surface area contributed by atoms with E-state index in [4.69, 9.17) is 15.5 Å². The molecule has 1 aromatic carbocycles. The minimum Gasteiger partial charge on any atom is -0.323 e. The highest BCUT2D eigenvalue weighted by Gasteiger charge is 2.23. The summed E-state index contributed by atoms with van der Waals surface area (Å²) in [6, 6.07) is 9.72. The van der Waals surface area contributed by atoms with E-state index >= 15 is 0 Å². The van der Waals surface area contributed by atoms with Crippen LogP contribution in [-0.2, 0) is 10.3 Å². The summed E-state index contributed by atoms with van der Waals surface area (Å²) in [6.45, 7) is 0. The second kappa shape index (κ2) is 5.68. The molecular weight excluding hydrogens is 233 g/mol. The number of nitrogens with two attached hydrogens (primary N) is 1. The first-order chi connectivity index (χ1) is 7.00. The largest absolute Gasteiger partial charge is 0.342 e. The maximum absolute atomic E-state index is 10.7. The van der Waals surface area contributed by atoms with Crippen LogP contribution in [0, 0.1) is 0 Å². The third kappa shape index (κ3) is 4.82. The van der Waals surface area contributed by atoms with Gasteiger partial charge in [0.05, 0.1) is 0 Å². The smallest absolute Gasteiger partial charge is 0.323 e. The van der Waals surface area contributed by atoms with Gasteiger partial charge in [-0.25, -0.2) is 0 Å². The molecule has 0 heterocycles. The summed E-state index contributed by atoms with van der Waals surface area (Å²) in [5.74, 6) is -0.0838. The monoisotopic (exact) mass is 247 g/mol. The molecule has 4 nitrogen and oxygen atoms in total. The fraction of sp³-hybridized carbons (Fsp3) is 0.333. The van der Waals surface area contributed by atoms with Gasteiger partial charge in [-0.05, 0) is 5.56 Å². The summed E-state index contributed by atoms with van der Waals surface area (Å²) in [5, 5.41) is 0. The van der Waals surface area contributed by atoms with Crippen LogP contribution >= 0.6 is 19.4 Å². The standard InChI is InChI=1S/C9H14NO3PS/c10-9(14(11,12)13)7-15-6-8-4-2-1-3-5-8/h1-5,9H,6-7,10H2,(H2,11,12,13). The zero-order valence-corrected chi connectivity index (χ0v) is 9.82. The van der Waals surface area contributed by atoms with Crippen molar-refractivity contribution in [2.45, 2.75) is 11.5 Å². The zero-order valence-electron chi connectivity index (χ0n) is 8.11. The Morgan fingerprint density at radius 1 is 1.33 bits per heavy atom. The van der Waals surface area contributed by atoms with E-state index in [1.807, 2.05) is 30.3 Å². The number of thioether (sulfide) groups is 1. The molecule has 84 valence electrons. The molecule has 0 fully saturated rings. The quantitative estimate of drug-likeness (QED) is 0.685. The second-order valence-electron chi connectivity index (χ2n) is 3.16. The lowest BCUT2D eigenvalue weighted by molar-refractivity contribution is 0.362. The molecule has 0 aliphatic rings. The van der Waals surface area contributed by atoms with E-state index in [1.165, 1.54) is 11.8 Å². The first-order valence-corrected chi connectivity index (χ1v) is 7.26. The van der Waals surface area contributed by atoms with Crippen molar-refractivity contribution < 1.29 is 14.4 Å². The number of benzene rings is 1. The molecule has 0 aromatic heterocycles. The van der Waals surface area contributed by atoms with Gasteiger partial charge in [0.1, 0.15) is 5.78 Å². The number of hydrogen-bond donors (Lipinski definition) is 3. The van der Waals surface area contributed by atoms with Gasteiger partial charge in [-0.1, -0.05) is 30.3 Å². The molecule has 0 spiro atoms. The molecule has 1 aromatic rings. The highest BCUT2D eigenvalue weighted by atomic mass is 32.2. The van der Waals surface area contributed by atoms with Crippen molar-refractivity contribution in [1.82, 2.24) is 0 Å². The van der Waals surface area contributed by atoms with Gasteiger partial charge in [-0.3, -0.25) is 4.57 Å². The van der Waals surface area contributed by atoms with Crippen LogP contribution in [0.15, 0.2) is 30.3 Å². The molecule has 1 unspecified atom stereocenters. The Balaban J connectivity index is 2.31. The minimum absolute atomic E-state index is 0.263. The van der Waals surface area contributed by atoms with Crippen LogP contribution in [0.4, 0.5) is 0 Å². The average molecular weight is 247 g/mol. The fourth-order valence-electron chi connectivity index (χ4n) is 0.969. The lowest BCUT2D eigenvalue weighted by atomic mass is 10.2. The summed E-state index contributed by atoms with van der Waals surface area (Å²) < 4.78 is 10.7. The summed E-state index contributed by atoms with van der Waals surface area (Å²) >= 11 is 1.42. The van der Waals surface area contributed by atoms with Gasteiger partial charge in [-0.15, -0.1) is 0 Å². The van der Waals surface area contributed by atoms with Crippen molar-refractivity contribution in [3.63, 3.8) is 0 Å².